The molecule has 0 bridgehead atoms. The lowest BCUT2D eigenvalue weighted by atomic mass is 10.1. The van der Waals surface area contributed by atoms with Crippen LogP contribution >= 0.6 is 38.9 Å². The summed E-state index contributed by atoms with van der Waals surface area (Å²) in [5, 5.41) is 0. The highest BCUT2D eigenvalue weighted by molar-refractivity contribution is 9.11. The van der Waals surface area contributed by atoms with Crippen molar-refractivity contribution in [2.45, 2.75) is 31.7 Å². The largest absolute Gasteiger partial charge is 0.242 e. The lowest BCUT2D eigenvalue weighted by Crippen LogP contribution is -2.39. The van der Waals surface area contributed by atoms with Crippen LogP contribution in [0.3, 0.4) is 0 Å². The summed E-state index contributed by atoms with van der Waals surface area (Å²) >= 11 is 10.5. The fourth-order valence-corrected chi connectivity index (χ4v) is 5.63. The van der Waals surface area contributed by atoms with Gasteiger partial charge in [-0.15, -0.1) is 22.9 Å². The van der Waals surface area contributed by atoms with E-state index in [0.717, 1.165) is 8.66 Å². The fraction of sp³-hybridized carbons (Fsp3) is 0.600. The Kier molecular flexibility index (Phi) is 5.46. The first-order chi connectivity index (χ1) is 7.77. The van der Waals surface area contributed by atoms with Gasteiger partial charge in [0.2, 0.25) is 10.0 Å². The number of hydrogen-bond acceptors (Lipinski definition) is 3. The Hall–Kier alpha value is 0.380. The lowest BCUT2D eigenvalue weighted by Gasteiger charge is -2.19. The van der Waals surface area contributed by atoms with Gasteiger partial charge >= 0.3 is 0 Å². The molecule has 7 heteroatoms. The summed E-state index contributed by atoms with van der Waals surface area (Å²) in [5.41, 5.74) is 0. The van der Waals surface area contributed by atoms with Crippen LogP contribution in [0.1, 0.15) is 18.7 Å². The van der Waals surface area contributed by atoms with Crippen molar-refractivity contribution in [3.05, 3.63) is 14.7 Å². The van der Waals surface area contributed by atoms with Crippen molar-refractivity contribution in [1.82, 2.24) is 4.72 Å². The van der Waals surface area contributed by atoms with Crippen LogP contribution in [0.2, 0.25) is 0 Å². The van der Waals surface area contributed by atoms with Crippen LogP contribution in [0.15, 0.2) is 14.7 Å². The molecule has 1 N–H and O–H groups in total. The fourth-order valence-electron chi connectivity index (χ4n) is 1.31. The maximum absolute atomic E-state index is 12.2. The second kappa shape index (κ2) is 6.02. The molecule has 0 saturated carbocycles. The van der Waals surface area contributed by atoms with E-state index >= 15 is 0 Å². The second-order valence-electron chi connectivity index (χ2n) is 4.10. The van der Waals surface area contributed by atoms with E-state index in [0.29, 0.717) is 4.90 Å². The number of rotatable bonds is 5. The van der Waals surface area contributed by atoms with Gasteiger partial charge < -0.3 is 0 Å². The maximum Gasteiger partial charge on any atom is 0.242 e. The van der Waals surface area contributed by atoms with Crippen molar-refractivity contribution in [3.8, 4) is 0 Å². The normalized spacial score (nSPS) is 14.2. The molecule has 0 spiro atoms. The van der Waals surface area contributed by atoms with E-state index in [-0.39, 0.29) is 17.8 Å². The Morgan fingerprint density at radius 3 is 2.47 bits per heavy atom. The molecule has 0 radical (unpaired) electrons. The summed E-state index contributed by atoms with van der Waals surface area (Å²) in [4.78, 5) is 1.09. The van der Waals surface area contributed by atoms with Crippen LogP contribution in [-0.2, 0) is 10.0 Å². The van der Waals surface area contributed by atoms with Gasteiger partial charge in [0.25, 0.3) is 0 Å². The Balaban J connectivity index is 3.00. The number of hydrogen-bond donors (Lipinski definition) is 1. The minimum Gasteiger partial charge on any atom is -0.207 e. The maximum atomic E-state index is 12.2. The van der Waals surface area contributed by atoms with Crippen molar-refractivity contribution in [2.24, 2.45) is 5.92 Å². The smallest absolute Gasteiger partial charge is 0.207 e. The lowest BCUT2D eigenvalue weighted by molar-refractivity contribution is 0.480. The molecule has 1 rings (SSSR count). The van der Waals surface area contributed by atoms with Gasteiger partial charge in [-0.1, -0.05) is 13.8 Å². The second-order valence-corrected chi connectivity index (χ2v) is 8.72. The number of sulfonamides is 1. The van der Waals surface area contributed by atoms with E-state index < -0.39 is 10.0 Å². The topological polar surface area (TPSA) is 46.2 Å². The Bertz CT molecular complexity index is 484. The standard InChI is InChI=1S/C10H15BrClNO2S2/c1-6(2)8(5-12)13-17(14,15)9-4-10(11)16-7(9)3/h4,6,8,13H,5H2,1-3H3. The van der Waals surface area contributed by atoms with Gasteiger partial charge in [-0.3, -0.25) is 0 Å². The SMILES string of the molecule is Cc1sc(Br)cc1S(=O)(=O)NC(CCl)C(C)C. The third-order valence-electron chi connectivity index (χ3n) is 2.41. The number of nitrogens with one attached hydrogen (secondary N) is 1. The quantitative estimate of drug-likeness (QED) is 0.818. The zero-order valence-electron chi connectivity index (χ0n) is 9.83. The zero-order valence-corrected chi connectivity index (χ0v) is 13.8. The number of alkyl halides is 1. The van der Waals surface area contributed by atoms with Gasteiger partial charge in [-0.2, -0.15) is 0 Å². The van der Waals surface area contributed by atoms with Crippen molar-refractivity contribution < 1.29 is 8.42 Å². The van der Waals surface area contributed by atoms with Crippen molar-refractivity contribution in [2.75, 3.05) is 5.88 Å². The van der Waals surface area contributed by atoms with Crippen molar-refractivity contribution >= 4 is 48.9 Å². The molecule has 1 aromatic heterocycles. The third kappa shape index (κ3) is 3.92. The third-order valence-corrected chi connectivity index (χ3v) is 6.04. The number of thiophene rings is 1. The highest BCUT2D eigenvalue weighted by Gasteiger charge is 2.24. The van der Waals surface area contributed by atoms with Gasteiger partial charge in [0.1, 0.15) is 0 Å². The predicted octanol–water partition coefficient (Wildman–Crippen LogP) is 3.36. The highest BCUT2D eigenvalue weighted by Crippen LogP contribution is 2.29. The van der Waals surface area contributed by atoms with Crippen LogP contribution < -0.4 is 4.72 Å². The summed E-state index contributed by atoms with van der Waals surface area (Å²) in [6.45, 7) is 5.66. The molecule has 3 nitrogen and oxygen atoms in total. The van der Waals surface area contributed by atoms with E-state index in [1.807, 2.05) is 13.8 Å². The van der Waals surface area contributed by atoms with Crippen LogP contribution in [0.4, 0.5) is 0 Å². The molecule has 0 aromatic carbocycles. The van der Waals surface area contributed by atoms with E-state index in [2.05, 4.69) is 20.7 Å². The summed E-state index contributed by atoms with van der Waals surface area (Å²) in [6.07, 6.45) is 0. The van der Waals surface area contributed by atoms with Crippen LogP contribution in [0.5, 0.6) is 0 Å². The molecule has 0 fully saturated rings. The molecule has 1 heterocycles. The summed E-state index contributed by atoms with van der Waals surface area (Å²) in [6, 6.07) is 1.37. The monoisotopic (exact) mass is 359 g/mol. The summed E-state index contributed by atoms with van der Waals surface area (Å²) in [5.74, 6) is 0.422. The van der Waals surface area contributed by atoms with Gasteiger partial charge in [0.15, 0.2) is 0 Å². The van der Waals surface area contributed by atoms with Gasteiger partial charge in [0.05, 0.1) is 8.68 Å². The van der Waals surface area contributed by atoms with Gasteiger partial charge in [0, 0.05) is 16.8 Å². The predicted molar refractivity (Wildman–Crippen MR) is 76.4 cm³/mol. The van der Waals surface area contributed by atoms with E-state index in [9.17, 15) is 8.42 Å². The average molecular weight is 361 g/mol. The average Bonchev–Trinajstić information content (AvgIpc) is 2.54. The van der Waals surface area contributed by atoms with Crippen molar-refractivity contribution in [3.63, 3.8) is 0 Å². The molecule has 98 valence electrons. The Morgan fingerprint density at radius 1 is 1.53 bits per heavy atom. The molecule has 0 aliphatic heterocycles. The molecule has 1 atom stereocenters. The molecule has 1 aromatic rings. The molecule has 0 saturated heterocycles. The number of aryl methyl sites for hydroxylation is 1. The first-order valence-corrected chi connectivity index (χ1v) is 8.75. The summed E-state index contributed by atoms with van der Waals surface area (Å²) < 4.78 is 27.8. The molecule has 1 unspecified atom stereocenters. The molecule has 0 aliphatic rings. The van der Waals surface area contributed by atoms with Crippen molar-refractivity contribution in [1.29, 1.82) is 0 Å². The van der Waals surface area contributed by atoms with Crippen LogP contribution in [0, 0.1) is 12.8 Å². The molecular formula is C10H15BrClNO2S2. The van der Waals surface area contributed by atoms with E-state index in [1.165, 1.54) is 11.3 Å². The minimum atomic E-state index is -3.48. The Morgan fingerprint density at radius 2 is 2.12 bits per heavy atom. The Labute approximate surface area is 120 Å². The molecule has 0 aliphatic carbocycles. The van der Waals surface area contributed by atoms with Crippen LogP contribution in [0.25, 0.3) is 0 Å². The first-order valence-electron chi connectivity index (χ1n) is 5.12. The first kappa shape index (κ1) is 15.4. The summed E-state index contributed by atoms with van der Waals surface area (Å²) in [7, 11) is -3.48. The number of halogens is 2. The molecule has 0 amide bonds. The van der Waals surface area contributed by atoms with Crippen LogP contribution in [-0.4, -0.2) is 20.3 Å². The highest BCUT2D eigenvalue weighted by atomic mass is 79.9. The molecule has 17 heavy (non-hydrogen) atoms. The molecular weight excluding hydrogens is 346 g/mol. The van der Waals surface area contributed by atoms with Gasteiger partial charge in [-0.05, 0) is 34.8 Å². The van der Waals surface area contributed by atoms with Gasteiger partial charge in [-0.25, -0.2) is 13.1 Å². The minimum absolute atomic E-state index is 0.157. The van der Waals surface area contributed by atoms with E-state index in [4.69, 9.17) is 11.6 Å². The van der Waals surface area contributed by atoms with E-state index in [1.54, 1.807) is 13.0 Å². The zero-order chi connectivity index (χ0) is 13.2.